The molecular formula is C18H19F2N3O3. The molecule has 3 heterocycles. The zero-order valence-electron chi connectivity index (χ0n) is 14.5. The molecule has 2 atom stereocenters. The zero-order valence-corrected chi connectivity index (χ0v) is 14.5. The number of piperazine rings is 1. The van der Waals surface area contributed by atoms with Gasteiger partial charge in [0, 0.05) is 37.9 Å². The number of likely N-dealkylation sites (N-methyl/N-ethyl adjacent to an activating group) is 1. The molecule has 1 N–H and O–H groups in total. The van der Waals surface area contributed by atoms with Crippen LogP contribution >= 0.6 is 0 Å². The third-order valence-electron chi connectivity index (χ3n) is 5.60. The van der Waals surface area contributed by atoms with Crippen LogP contribution in [-0.4, -0.2) is 52.8 Å². The minimum atomic E-state index is -1.41. The first-order valence-corrected chi connectivity index (χ1v) is 8.58. The SMILES string of the molecule is CCn1cc(C(=O)O)c(=O)c2cc(F)c(N3CC4CC3CN4C)c(F)c21. The quantitative estimate of drug-likeness (QED) is 0.902. The van der Waals surface area contributed by atoms with E-state index in [1.807, 2.05) is 7.05 Å². The Hall–Kier alpha value is -2.48. The number of fused-ring (bicyclic) bond motifs is 3. The van der Waals surface area contributed by atoms with E-state index in [9.17, 15) is 19.1 Å². The van der Waals surface area contributed by atoms with Crippen LogP contribution in [0.25, 0.3) is 10.9 Å². The Labute approximate surface area is 148 Å². The van der Waals surface area contributed by atoms with Crippen molar-refractivity contribution in [3.05, 3.63) is 39.7 Å². The normalized spacial score (nSPS) is 22.5. The predicted molar refractivity (Wildman–Crippen MR) is 92.9 cm³/mol. The first-order chi connectivity index (χ1) is 12.3. The molecule has 4 rings (SSSR count). The van der Waals surface area contributed by atoms with E-state index in [4.69, 9.17) is 0 Å². The Bertz CT molecular complexity index is 986. The molecule has 26 heavy (non-hydrogen) atoms. The van der Waals surface area contributed by atoms with Gasteiger partial charge in [-0.3, -0.25) is 9.69 Å². The first kappa shape index (κ1) is 17.0. The standard InChI is InChI=1S/C18H19F2N3O3/c1-3-22-8-12(18(25)26)17(24)11-5-13(19)16(14(20)15(11)22)23-7-9-4-10(23)6-21(9)2/h5,8-10H,3-4,6-7H2,1-2H3,(H,25,26). The highest BCUT2D eigenvalue weighted by Crippen LogP contribution is 2.38. The Kier molecular flexibility index (Phi) is 3.76. The monoisotopic (exact) mass is 363 g/mol. The Balaban J connectivity index is 1.96. The number of benzene rings is 1. The number of hydrogen-bond acceptors (Lipinski definition) is 4. The van der Waals surface area contributed by atoms with E-state index in [1.165, 1.54) is 4.57 Å². The summed E-state index contributed by atoms with van der Waals surface area (Å²) in [4.78, 5) is 27.6. The highest BCUT2D eigenvalue weighted by molar-refractivity contribution is 5.94. The van der Waals surface area contributed by atoms with Crippen molar-refractivity contribution in [1.82, 2.24) is 9.47 Å². The van der Waals surface area contributed by atoms with Crippen molar-refractivity contribution in [2.45, 2.75) is 32.0 Å². The lowest BCUT2D eigenvalue weighted by Gasteiger charge is -2.34. The maximum absolute atomic E-state index is 15.4. The molecule has 6 nitrogen and oxygen atoms in total. The van der Waals surface area contributed by atoms with Crippen LogP contribution in [0, 0.1) is 11.6 Å². The summed E-state index contributed by atoms with van der Waals surface area (Å²) in [5.41, 5.74) is -1.53. The largest absolute Gasteiger partial charge is 0.477 e. The van der Waals surface area contributed by atoms with Gasteiger partial charge in [-0.15, -0.1) is 0 Å². The van der Waals surface area contributed by atoms with Crippen molar-refractivity contribution in [2.75, 3.05) is 25.0 Å². The zero-order chi connectivity index (χ0) is 18.7. The number of carboxylic acids is 1. The molecule has 2 bridgehead atoms. The highest BCUT2D eigenvalue weighted by Gasteiger charge is 2.43. The smallest absolute Gasteiger partial charge is 0.341 e. The summed E-state index contributed by atoms with van der Waals surface area (Å²) in [6.07, 6.45) is 1.98. The van der Waals surface area contributed by atoms with Gasteiger partial charge in [-0.25, -0.2) is 13.6 Å². The van der Waals surface area contributed by atoms with E-state index in [1.54, 1.807) is 11.8 Å². The van der Waals surface area contributed by atoms with Crippen LogP contribution in [0.2, 0.25) is 0 Å². The van der Waals surface area contributed by atoms with E-state index in [-0.39, 0.29) is 35.2 Å². The Morgan fingerprint density at radius 3 is 2.58 bits per heavy atom. The lowest BCUT2D eigenvalue weighted by atomic mass is 10.1. The van der Waals surface area contributed by atoms with Gasteiger partial charge in [-0.1, -0.05) is 0 Å². The Morgan fingerprint density at radius 2 is 2.04 bits per heavy atom. The van der Waals surface area contributed by atoms with E-state index >= 15 is 4.39 Å². The van der Waals surface area contributed by atoms with Crippen LogP contribution in [0.1, 0.15) is 23.7 Å². The fraction of sp³-hybridized carbons (Fsp3) is 0.444. The van der Waals surface area contributed by atoms with Crippen molar-refractivity contribution in [2.24, 2.45) is 0 Å². The molecule has 0 spiro atoms. The molecule has 0 amide bonds. The second kappa shape index (κ2) is 5.77. The molecule has 2 saturated heterocycles. The summed E-state index contributed by atoms with van der Waals surface area (Å²) >= 11 is 0. The number of nitrogens with zero attached hydrogens (tertiary/aromatic N) is 3. The molecule has 0 aliphatic carbocycles. The van der Waals surface area contributed by atoms with Crippen molar-refractivity contribution < 1.29 is 18.7 Å². The molecule has 0 saturated carbocycles. The number of carbonyl (C=O) groups is 1. The molecule has 1 aromatic heterocycles. The fourth-order valence-electron chi connectivity index (χ4n) is 4.28. The summed E-state index contributed by atoms with van der Waals surface area (Å²) in [6, 6.07) is 1.27. The Morgan fingerprint density at radius 1 is 1.31 bits per heavy atom. The number of carboxylic acid groups (broad SMARTS) is 1. The van der Waals surface area contributed by atoms with Crippen molar-refractivity contribution in [1.29, 1.82) is 0 Å². The number of halogens is 2. The second-order valence-corrected chi connectivity index (χ2v) is 7.02. The van der Waals surface area contributed by atoms with Gasteiger partial charge in [0.05, 0.1) is 10.9 Å². The van der Waals surface area contributed by atoms with Gasteiger partial charge < -0.3 is 14.6 Å². The summed E-state index contributed by atoms with van der Waals surface area (Å²) in [5.74, 6) is -3.04. The summed E-state index contributed by atoms with van der Waals surface area (Å²) < 4.78 is 31.5. The van der Waals surface area contributed by atoms with Crippen LogP contribution in [-0.2, 0) is 6.54 Å². The number of anilines is 1. The van der Waals surface area contributed by atoms with E-state index in [0.29, 0.717) is 6.54 Å². The average Bonchev–Trinajstić information content (AvgIpc) is 3.14. The predicted octanol–water partition coefficient (Wildman–Crippen LogP) is 1.89. The molecule has 2 aromatic rings. The molecule has 2 fully saturated rings. The van der Waals surface area contributed by atoms with Crippen LogP contribution in [0.5, 0.6) is 0 Å². The molecule has 138 valence electrons. The third-order valence-corrected chi connectivity index (χ3v) is 5.60. The third kappa shape index (κ3) is 2.25. The van der Waals surface area contributed by atoms with Crippen LogP contribution < -0.4 is 10.3 Å². The average molecular weight is 363 g/mol. The van der Waals surface area contributed by atoms with Gasteiger partial charge in [-0.05, 0) is 26.5 Å². The van der Waals surface area contributed by atoms with Gasteiger partial charge in [0.1, 0.15) is 17.1 Å². The molecular weight excluding hydrogens is 344 g/mol. The van der Waals surface area contributed by atoms with Crippen molar-refractivity contribution in [3.63, 3.8) is 0 Å². The number of aryl methyl sites for hydroxylation is 1. The number of hydrogen-bond donors (Lipinski definition) is 1. The molecule has 2 unspecified atom stereocenters. The second-order valence-electron chi connectivity index (χ2n) is 7.02. The number of likely N-dealkylation sites (tertiary alicyclic amines) is 1. The number of rotatable bonds is 3. The van der Waals surface area contributed by atoms with Gasteiger partial charge in [0.25, 0.3) is 0 Å². The fourth-order valence-corrected chi connectivity index (χ4v) is 4.28. The molecule has 8 heteroatoms. The minimum Gasteiger partial charge on any atom is -0.477 e. The van der Waals surface area contributed by atoms with Crippen molar-refractivity contribution >= 4 is 22.6 Å². The lowest BCUT2D eigenvalue weighted by Crippen LogP contribution is -2.45. The molecule has 2 aliphatic rings. The highest BCUT2D eigenvalue weighted by atomic mass is 19.1. The minimum absolute atomic E-state index is 0.0338. The number of pyridine rings is 1. The summed E-state index contributed by atoms with van der Waals surface area (Å²) in [6.45, 7) is 3.24. The van der Waals surface area contributed by atoms with E-state index in [0.717, 1.165) is 25.2 Å². The van der Waals surface area contributed by atoms with Gasteiger partial charge in [0.15, 0.2) is 5.82 Å². The number of aromatic nitrogens is 1. The van der Waals surface area contributed by atoms with Gasteiger partial charge in [0.2, 0.25) is 5.43 Å². The lowest BCUT2D eigenvalue weighted by molar-refractivity contribution is 0.0695. The number of aromatic carboxylic acids is 1. The summed E-state index contributed by atoms with van der Waals surface area (Å²) in [7, 11) is 2.00. The van der Waals surface area contributed by atoms with Gasteiger partial charge in [-0.2, -0.15) is 0 Å². The van der Waals surface area contributed by atoms with Crippen molar-refractivity contribution in [3.8, 4) is 0 Å². The van der Waals surface area contributed by atoms with Crippen LogP contribution in [0.4, 0.5) is 14.5 Å². The topological polar surface area (TPSA) is 65.8 Å². The molecule has 1 aromatic carbocycles. The molecule has 0 radical (unpaired) electrons. The van der Waals surface area contributed by atoms with E-state index in [2.05, 4.69) is 4.90 Å². The summed E-state index contributed by atoms with van der Waals surface area (Å²) in [5, 5.41) is 8.95. The van der Waals surface area contributed by atoms with Crippen LogP contribution in [0.3, 0.4) is 0 Å². The van der Waals surface area contributed by atoms with Crippen LogP contribution in [0.15, 0.2) is 17.1 Å². The first-order valence-electron chi connectivity index (χ1n) is 8.58. The maximum Gasteiger partial charge on any atom is 0.341 e. The maximum atomic E-state index is 15.4. The van der Waals surface area contributed by atoms with Gasteiger partial charge >= 0.3 is 5.97 Å². The molecule has 2 aliphatic heterocycles. The van der Waals surface area contributed by atoms with E-state index < -0.39 is 28.6 Å².